The highest BCUT2D eigenvalue weighted by molar-refractivity contribution is 7.97. The molecule has 0 aliphatic carbocycles. The SMILES string of the molecule is COc1cc(-c2nnn(Cc3ccc(C#N)cc3)n2)ccc1SN. The number of nitrogens with zero attached hydrogens (tertiary/aromatic N) is 5. The van der Waals surface area contributed by atoms with Crippen molar-refractivity contribution in [1.82, 2.24) is 20.2 Å². The highest BCUT2D eigenvalue weighted by atomic mass is 32.2. The molecular weight excluding hydrogens is 324 g/mol. The van der Waals surface area contributed by atoms with Crippen molar-refractivity contribution in [3.05, 3.63) is 53.6 Å². The third-order valence-corrected chi connectivity index (χ3v) is 4.00. The molecule has 0 unspecified atom stereocenters. The maximum absolute atomic E-state index is 8.82. The van der Waals surface area contributed by atoms with E-state index in [-0.39, 0.29) is 0 Å². The van der Waals surface area contributed by atoms with Gasteiger partial charge < -0.3 is 4.74 Å². The van der Waals surface area contributed by atoms with E-state index < -0.39 is 0 Å². The van der Waals surface area contributed by atoms with E-state index in [9.17, 15) is 0 Å². The molecule has 0 aliphatic rings. The minimum Gasteiger partial charge on any atom is -0.496 e. The van der Waals surface area contributed by atoms with Crippen LogP contribution in [0.1, 0.15) is 11.1 Å². The second-order valence-corrected chi connectivity index (χ2v) is 5.61. The Bertz CT molecular complexity index is 884. The van der Waals surface area contributed by atoms with Crippen molar-refractivity contribution < 1.29 is 4.74 Å². The molecule has 7 nitrogen and oxygen atoms in total. The van der Waals surface area contributed by atoms with E-state index in [2.05, 4.69) is 21.5 Å². The Kier molecular flexibility index (Phi) is 4.74. The van der Waals surface area contributed by atoms with E-state index in [1.54, 1.807) is 19.2 Å². The highest BCUT2D eigenvalue weighted by Gasteiger charge is 2.10. The molecule has 1 aromatic heterocycles. The molecule has 1 heterocycles. The molecule has 0 saturated heterocycles. The number of nitrogens with two attached hydrogens (primary N) is 1. The second kappa shape index (κ2) is 7.12. The molecule has 0 radical (unpaired) electrons. The van der Waals surface area contributed by atoms with Crippen LogP contribution in [0.25, 0.3) is 11.4 Å². The minimum absolute atomic E-state index is 0.479. The van der Waals surface area contributed by atoms with E-state index in [0.29, 0.717) is 23.7 Å². The molecule has 0 aliphatic heterocycles. The fourth-order valence-corrected chi connectivity index (χ4v) is 2.58. The van der Waals surface area contributed by atoms with Crippen molar-refractivity contribution in [3.8, 4) is 23.2 Å². The molecule has 0 saturated carbocycles. The normalized spacial score (nSPS) is 10.4. The fraction of sp³-hybridized carbons (Fsp3) is 0.125. The molecule has 0 bridgehead atoms. The number of methoxy groups -OCH3 is 1. The number of ether oxygens (including phenoxy) is 1. The molecular formula is C16H14N6OS. The number of benzene rings is 2. The van der Waals surface area contributed by atoms with Crippen LogP contribution in [0, 0.1) is 11.3 Å². The van der Waals surface area contributed by atoms with Gasteiger partial charge in [-0.2, -0.15) is 10.1 Å². The minimum atomic E-state index is 0.479. The van der Waals surface area contributed by atoms with Gasteiger partial charge in [-0.25, -0.2) is 0 Å². The van der Waals surface area contributed by atoms with Gasteiger partial charge in [0.15, 0.2) is 0 Å². The number of nitriles is 1. The van der Waals surface area contributed by atoms with Crippen LogP contribution in [0.4, 0.5) is 0 Å². The lowest BCUT2D eigenvalue weighted by Gasteiger charge is -2.06. The van der Waals surface area contributed by atoms with Crippen LogP contribution < -0.4 is 9.88 Å². The van der Waals surface area contributed by atoms with E-state index in [1.807, 2.05) is 30.3 Å². The average Bonchev–Trinajstić information content (AvgIpc) is 3.10. The van der Waals surface area contributed by atoms with Gasteiger partial charge in [-0.05, 0) is 53.1 Å². The first kappa shape index (κ1) is 16.0. The Morgan fingerprint density at radius 3 is 2.71 bits per heavy atom. The third kappa shape index (κ3) is 3.37. The summed E-state index contributed by atoms with van der Waals surface area (Å²) in [5.74, 6) is 1.18. The van der Waals surface area contributed by atoms with E-state index in [1.165, 1.54) is 4.80 Å². The first-order chi connectivity index (χ1) is 11.7. The summed E-state index contributed by atoms with van der Waals surface area (Å²) >= 11 is 1.12. The smallest absolute Gasteiger partial charge is 0.205 e. The molecule has 0 atom stereocenters. The topological polar surface area (TPSA) is 103 Å². The molecule has 3 aromatic rings. The van der Waals surface area contributed by atoms with Crippen LogP contribution in [-0.4, -0.2) is 27.3 Å². The molecule has 8 heteroatoms. The monoisotopic (exact) mass is 338 g/mol. The highest BCUT2D eigenvalue weighted by Crippen LogP contribution is 2.29. The third-order valence-electron chi connectivity index (χ3n) is 3.41. The van der Waals surface area contributed by atoms with Gasteiger partial charge in [0.25, 0.3) is 0 Å². The van der Waals surface area contributed by atoms with Gasteiger partial charge in [0.2, 0.25) is 5.82 Å². The zero-order valence-corrected chi connectivity index (χ0v) is 13.7. The van der Waals surface area contributed by atoms with Crippen LogP contribution in [0.15, 0.2) is 47.4 Å². The molecule has 0 fully saturated rings. The number of hydrogen-bond acceptors (Lipinski definition) is 7. The quantitative estimate of drug-likeness (QED) is 0.712. The summed E-state index contributed by atoms with van der Waals surface area (Å²) in [5.41, 5.74) is 2.41. The van der Waals surface area contributed by atoms with Gasteiger partial charge in [-0.3, -0.25) is 5.14 Å². The average molecular weight is 338 g/mol. The second-order valence-electron chi connectivity index (χ2n) is 4.94. The van der Waals surface area contributed by atoms with Crippen LogP contribution in [0.3, 0.4) is 0 Å². The number of tetrazole rings is 1. The molecule has 2 N–H and O–H groups in total. The van der Waals surface area contributed by atoms with Gasteiger partial charge in [-0.15, -0.1) is 10.2 Å². The van der Waals surface area contributed by atoms with Crippen LogP contribution in [-0.2, 0) is 6.54 Å². The Morgan fingerprint density at radius 1 is 1.25 bits per heavy atom. The molecule has 120 valence electrons. The summed E-state index contributed by atoms with van der Waals surface area (Å²) in [5, 5.41) is 26.9. The Balaban J connectivity index is 1.81. The zero-order valence-electron chi connectivity index (χ0n) is 12.9. The summed E-state index contributed by atoms with van der Waals surface area (Å²) in [6.45, 7) is 0.479. The van der Waals surface area contributed by atoms with Gasteiger partial charge in [0.05, 0.1) is 30.2 Å². The van der Waals surface area contributed by atoms with Crippen LogP contribution in [0.2, 0.25) is 0 Å². The molecule has 0 spiro atoms. The first-order valence-corrected chi connectivity index (χ1v) is 7.93. The summed E-state index contributed by atoms with van der Waals surface area (Å²) in [7, 11) is 1.59. The van der Waals surface area contributed by atoms with E-state index >= 15 is 0 Å². The molecule has 24 heavy (non-hydrogen) atoms. The van der Waals surface area contributed by atoms with Crippen molar-refractivity contribution in [3.63, 3.8) is 0 Å². The lowest BCUT2D eigenvalue weighted by atomic mass is 10.1. The lowest BCUT2D eigenvalue weighted by molar-refractivity contribution is 0.405. The summed E-state index contributed by atoms with van der Waals surface area (Å²) in [6, 6.07) is 14.9. The van der Waals surface area contributed by atoms with E-state index in [0.717, 1.165) is 28.0 Å². The Hall–Kier alpha value is -2.89. The molecule has 3 rings (SSSR count). The molecule has 2 aromatic carbocycles. The van der Waals surface area contributed by atoms with Crippen molar-refractivity contribution >= 4 is 11.9 Å². The first-order valence-electron chi connectivity index (χ1n) is 7.05. The largest absolute Gasteiger partial charge is 0.496 e. The van der Waals surface area contributed by atoms with Crippen molar-refractivity contribution in [2.24, 2.45) is 5.14 Å². The van der Waals surface area contributed by atoms with Gasteiger partial charge >= 0.3 is 0 Å². The van der Waals surface area contributed by atoms with Gasteiger partial charge in [0.1, 0.15) is 5.75 Å². The Morgan fingerprint density at radius 2 is 2.04 bits per heavy atom. The lowest BCUT2D eigenvalue weighted by Crippen LogP contribution is -2.04. The predicted molar refractivity (Wildman–Crippen MR) is 90.1 cm³/mol. The number of rotatable bonds is 5. The summed E-state index contributed by atoms with van der Waals surface area (Å²) in [4.78, 5) is 2.35. The Labute approximate surface area is 143 Å². The maximum Gasteiger partial charge on any atom is 0.205 e. The molecule has 0 amide bonds. The van der Waals surface area contributed by atoms with Crippen molar-refractivity contribution in [1.29, 1.82) is 5.26 Å². The summed E-state index contributed by atoms with van der Waals surface area (Å²) < 4.78 is 5.31. The zero-order chi connectivity index (χ0) is 16.9. The van der Waals surface area contributed by atoms with Gasteiger partial charge in [0, 0.05) is 5.56 Å². The van der Waals surface area contributed by atoms with Crippen LogP contribution >= 0.6 is 11.9 Å². The van der Waals surface area contributed by atoms with Crippen LogP contribution in [0.5, 0.6) is 5.75 Å². The summed E-state index contributed by atoms with van der Waals surface area (Å²) in [6.07, 6.45) is 0. The standard InChI is InChI=1S/C16H14N6OS/c1-23-14-8-13(6-7-15(14)24-18)16-19-21-22(20-16)10-12-4-2-11(9-17)3-5-12/h2-8H,10,18H2,1H3. The predicted octanol–water partition coefficient (Wildman–Crippen LogP) is 2.23. The van der Waals surface area contributed by atoms with Gasteiger partial charge in [-0.1, -0.05) is 12.1 Å². The fourth-order valence-electron chi connectivity index (χ4n) is 2.18. The van der Waals surface area contributed by atoms with Crippen molar-refractivity contribution in [2.45, 2.75) is 11.4 Å². The number of hydrogen-bond donors (Lipinski definition) is 1. The van der Waals surface area contributed by atoms with Crippen molar-refractivity contribution in [2.75, 3.05) is 7.11 Å². The maximum atomic E-state index is 8.82. The number of aromatic nitrogens is 4. The van der Waals surface area contributed by atoms with E-state index in [4.69, 9.17) is 15.1 Å².